The summed E-state index contributed by atoms with van der Waals surface area (Å²) < 4.78 is 11.5. The van der Waals surface area contributed by atoms with Gasteiger partial charge in [0.25, 0.3) is 0 Å². The lowest BCUT2D eigenvalue weighted by atomic mass is 10.1. The van der Waals surface area contributed by atoms with Gasteiger partial charge in [-0.3, -0.25) is 4.79 Å². The molecule has 124 valence electrons. The largest absolute Gasteiger partial charge is 0.493 e. The van der Waals surface area contributed by atoms with Crippen molar-refractivity contribution in [2.45, 2.75) is 26.4 Å². The van der Waals surface area contributed by atoms with Gasteiger partial charge in [-0.05, 0) is 44.2 Å². The quantitative estimate of drug-likeness (QED) is 0.856. The summed E-state index contributed by atoms with van der Waals surface area (Å²) in [5, 5.41) is 2.71. The van der Waals surface area contributed by atoms with Crippen molar-refractivity contribution in [2.75, 3.05) is 11.9 Å². The molecule has 1 unspecified atom stereocenters. The van der Waals surface area contributed by atoms with Crippen molar-refractivity contribution in [1.82, 2.24) is 4.98 Å². The Balaban J connectivity index is 1.78. The van der Waals surface area contributed by atoms with Gasteiger partial charge in [0.1, 0.15) is 23.4 Å². The van der Waals surface area contributed by atoms with Gasteiger partial charge >= 0.3 is 0 Å². The monoisotopic (exact) mass is 324 g/mol. The molecule has 0 saturated carbocycles. The Kier molecular flexibility index (Phi) is 4.79. The first-order valence-electron chi connectivity index (χ1n) is 8.02. The molecule has 2 heterocycles. The fourth-order valence-electron chi connectivity index (χ4n) is 2.64. The van der Waals surface area contributed by atoms with Crippen LogP contribution < -0.4 is 14.8 Å². The van der Waals surface area contributed by atoms with E-state index in [2.05, 4.69) is 10.3 Å². The molecule has 1 N–H and O–H groups in total. The predicted molar refractivity (Wildman–Crippen MR) is 93.3 cm³/mol. The summed E-state index contributed by atoms with van der Waals surface area (Å²) >= 11 is 0. The number of pyridine rings is 1. The van der Waals surface area contributed by atoms with E-state index in [0.717, 1.165) is 29.0 Å². The minimum absolute atomic E-state index is 0.168. The molecule has 1 aliphatic rings. The van der Waals surface area contributed by atoms with Gasteiger partial charge in [-0.15, -0.1) is 0 Å². The Bertz CT molecular complexity index is 757. The highest BCUT2D eigenvalue weighted by molar-refractivity contribution is 6.01. The number of carbonyl (C=O) groups excluding carboxylic acids is 1. The third-order valence-electron chi connectivity index (χ3n) is 3.66. The maximum Gasteiger partial charge on any atom is 0.249 e. The van der Waals surface area contributed by atoms with E-state index in [1.807, 2.05) is 32.0 Å². The number of nitrogens with zero attached hydrogens (tertiary/aromatic N) is 1. The Morgan fingerprint density at radius 1 is 1.46 bits per heavy atom. The van der Waals surface area contributed by atoms with Gasteiger partial charge in [-0.25, -0.2) is 4.98 Å². The van der Waals surface area contributed by atoms with Crippen molar-refractivity contribution in [3.8, 4) is 11.5 Å². The molecule has 0 spiro atoms. The molecule has 5 nitrogen and oxygen atoms in total. The Morgan fingerprint density at radius 3 is 3.08 bits per heavy atom. The van der Waals surface area contributed by atoms with Crippen LogP contribution in [-0.4, -0.2) is 23.6 Å². The molecule has 1 amide bonds. The summed E-state index contributed by atoms with van der Waals surface area (Å²) in [5.41, 5.74) is 1.96. The van der Waals surface area contributed by atoms with E-state index >= 15 is 0 Å². The van der Waals surface area contributed by atoms with Crippen molar-refractivity contribution < 1.29 is 14.3 Å². The normalized spacial score (nSPS) is 15.8. The van der Waals surface area contributed by atoms with E-state index in [0.29, 0.717) is 12.4 Å². The lowest BCUT2D eigenvalue weighted by molar-refractivity contribution is -0.111. The number of nitrogens with one attached hydrogen (secondary N) is 1. The molecular weight excluding hydrogens is 304 g/mol. The Labute approximate surface area is 141 Å². The highest BCUT2D eigenvalue weighted by Gasteiger charge is 2.21. The standard InChI is InChI=1S/C19H20N2O3/c1-3-23-16-12-15-10-13(2)24-17(15)11-14(16)7-8-19(22)21-18-6-4-5-9-20-18/h4-9,11-13H,3,10H2,1-2H3,(H,20,21,22). The second kappa shape index (κ2) is 7.17. The van der Waals surface area contributed by atoms with Gasteiger partial charge in [-0.1, -0.05) is 6.07 Å². The van der Waals surface area contributed by atoms with E-state index in [9.17, 15) is 4.79 Å². The fraction of sp³-hybridized carbons (Fsp3) is 0.263. The minimum Gasteiger partial charge on any atom is -0.493 e. The SMILES string of the molecule is CCOc1cc2c(cc1C=CC(=O)Nc1ccccn1)OC(C)C2. The summed E-state index contributed by atoms with van der Waals surface area (Å²) in [6.07, 6.45) is 5.87. The fourth-order valence-corrected chi connectivity index (χ4v) is 2.64. The van der Waals surface area contributed by atoms with Crippen molar-refractivity contribution >= 4 is 17.8 Å². The zero-order valence-electron chi connectivity index (χ0n) is 13.8. The third-order valence-corrected chi connectivity index (χ3v) is 3.66. The average Bonchev–Trinajstić information content (AvgIpc) is 2.93. The number of hydrogen-bond donors (Lipinski definition) is 1. The third kappa shape index (κ3) is 3.74. The van der Waals surface area contributed by atoms with Crippen molar-refractivity contribution in [2.24, 2.45) is 0 Å². The van der Waals surface area contributed by atoms with Crippen molar-refractivity contribution in [3.05, 3.63) is 53.7 Å². The molecule has 2 aromatic rings. The lowest BCUT2D eigenvalue weighted by Gasteiger charge is -2.10. The molecule has 1 aromatic heterocycles. The number of hydrogen-bond acceptors (Lipinski definition) is 4. The molecule has 1 aliphatic heterocycles. The number of amides is 1. The van der Waals surface area contributed by atoms with Crippen LogP contribution in [0.15, 0.2) is 42.6 Å². The van der Waals surface area contributed by atoms with E-state index in [1.165, 1.54) is 6.08 Å². The molecule has 0 bridgehead atoms. The van der Waals surface area contributed by atoms with Gasteiger partial charge in [0.05, 0.1) is 6.61 Å². The highest BCUT2D eigenvalue weighted by atomic mass is 16.5. The highest BCUT2D eigenvalue weighted by Crippen LogP contribution is 2.35. The van der Waals surface area contributed by atoms with Gasteiger partial charge in [-0.2, -0.15) is 0 Å². The Hall–Kier alpha value is -2.82. The van der Waals surface area contributed by atoms with Crippen LogP contribution in [0.1, 0.15) is 25.0 Å². The lowest BCUT2D eigenvalue weighted by Crippen LogP contribution is -2.08. The van der Waals surface area contributed by atoms with Gasteiger partial charge in [0, 0.05) is 29.8 Å². The summed E-state index contributed by atoms with van der Waals surface area (Å²) in [5.74, 6) is 1.89. The van der Waals surface area contributed by atoms with Crippen LogP contribution >= 0.6 is 0 Å². The minimum atomic E-state index is -0.245. The van der Waals surface area contributed by atoms with Crippen LogP contribution in [0.3, 0.4) is 0 Å². The van der Waals surface area contributed by atoms with Crippen LogP contribution in [0, 0.1) is 0 Å². The van der Waals surface area contributed by atoms with E-state index < -0.39 is 0 Å². The molecule has 5 heteroatoms. The molecular formula is C19H20N2O3. The first kappa shape index (κ1) is 16.1. The molecule has 1 aromatic carbocycles. The predicted octanol–water partition coefficient (Wildman–Crippen LogP) is 3.46. The molecule has 3 rings (SSSR count). The molecule has 0 saturated heterocycles. The Morgan fingerprint density at radius 2 is 2.33 bits per heavy atom. The number of anilines is 1. The van der Waals surface area contributed by atoms with E-state index in [4.69, 9.17) is 9.47 Å². The van der Waals surface area contributed by atoms with Crippen LogP contribution in [0.25, 0.3) is 6.08 Å². The zero-order valence-corrected chi connectivity index (χ0v) is 13.8. The van der Waals surface area contributed by atoms with Gasteiger partial charge in [0.2, 0.25) is 5.91 Å². The molecule has 24 heavy (non-hydrogen) atoms. The average molecular weight is 324 g/mol. The van der Waals surface area contributed by atoms with Crippen molar-refractivity contribution in [3.63, 3.8) is 0 Å². The van der Waals surface area contributed by atoms with Crippen molar-refractivity contribution in [1.29, 1.82) is 0 Å². The smallest absolute Gasteiger partial charge is 0.249 e. The topological polar surface area (TPSA) is 60.5 Å². The molecule has 0 radical (unpaired) electrons. The summed E-state index contributed by atoms with van der Waals surface area (Å²) in [4.78, 5) is 16.1. The number of rotatable bonds is 5. The summed E-state index contributed by atoms with van der Waals surface area (Å²) in [6, 6.07) is 9.28. The molecule has 1 atom stereocenters. The number of benzene rings is 1. The second-order valence-corrected chi connectivity index (χ2v) is 5.60. The van der Waals surface area contributed by atoms with Crippen LogP contribution in [0.5, 0.6) is 11.5 Å². The number of ether oxygens (including phenoxy) is 2. The molecule has 0 aliphatic carbocycles. The first-order chi connectivity index (χ1) is 11.7. The van der Waals surface area contributed by atoms with E-state index in [-0.39, 0.29) is 12.0 Å². The second-order valence-electron chi connectivity index (χ2n) is 5.60. The van der Waals surface area contributed by atoms with Crippen LogP contribution in [-0.2, 0) is 11.2 Å². The molecule has 0 fully saturated rings. The van der Waals surface area contributed by atoms with Crippen LogP contribution in [0.2, 0.25) is 0 Å². The maximum absolute atomic E-state index is 12.0. The van der Waals surface area contributed by atoms with Gasteiger partial charge in [0.15, 0.2) is 0 Å². The maximum atomic E-state index is 12.0. The summed E-state index contributed by atoms with van der Waals surface area (Å²) in [7, 11) is 0. The number of fused-ring (bicyclic) bond motifs is 1. The zero-order chi connectivity index (χ0) is 16.9. The number of aromatic nitrogens is 1. The number of carbonyl (C=O) groups is 1. The van der Waals surface area contributed by atoms with Gasteiger partial charge < -0.3 is 14.8 Å². The summed E-state index contributed by atoms with van der Waals surface area (Å²) in [6.45, 7) is 4.54. The van der Waals surface area contributed by atoms with Crippen LogP contribution in [0.4, 0.5) is 5.82 Å². The first-order valence-corrected chi connectivity index (χ1v) is 8.02. The van der Waals surface area contributed by atoms with E-state index in [1.54, 1.807) is 24.4 Å².